The molecule has 0 spiro atoms. The molecule has 1 radical (unpaired) electrons. The average Bonchev–Trinajstić information content (AvgIpc) is 2.72. The van der Waals surface area contributed by atoms with Gasteiger partial charge < -0.3 is 4.90 Å². The average molecular weight is 189 g/mol. The normalized spacial score (nSPS) is 17.4. The summed E-state index contributed by atoms with van der Waals surface area (Å²) >= 11 is 0. The minimum Gasteiger partial charge on any atom is -0.303 e. The summed E-state index contributed by atoms with van der Waals surface area (Å²) in [7, 11) is 0. The SMILES string of the molecule is [CH](Cc1ccncc1)CN1CCCC1. The lowest BCUT2D eigenvalue weighted by Gasteiger charge is -2.13. The molecule has 1 aromatic rings. The molecule has 0 atom stereocenters. The molecule has 0 N–H and O–H groups in total. The molecular formula is C12H17N2. The summed E-state index contributed by atoms with van der Waals surface area (Å²) < 4.78 is 0. The summed E-state index contributed by atoms with van der Waals surface area (Å²) in [4.78, 5) is 6.52. The molecule has 0 bridgehead atoms. The fraction of sp³-hybridized carbons (Fsp3) is 0.500. The van der Waals surface area contributed by atoms with Crippen molar-refractivity contribution < 1.29 is 0 Å². The van der Waals surface area contributed by atoms with Gasteiger partial charge in [-0.3, -0.25) is 4.98 Å². The monoisotopic (exact) mass is 189 g/mol. The van der Waals surface area contributed by atoms with E-state index in [2.05, 4.69) is 28.4 Å². The molecule has 1 aromatic heterocycles. The molecule has 0 saturated carbocycles. The van der Waals surface area contributed by atoms with Crippen molar-refractivity contribution in [2.45, 2.75) is 19.3 Å². The van der Waals surface area contributed by atoms with E-state index < -0.39 is 0 Å². The van der Waals surface area contributed by atoms with Gasteiger partial charge in [0.1, 0.15) is 0 Å². The minimum atomic E-state index is 1.07. The number of likely N-dealkylation sites (tertiary alicyclic amines) is 1. The van der Waals surface area contributed by atoms with Gasteiger partial charge in [0.25, 0.3) is 0 Å². The third-order valence-corrected chi connectivity index (χ3v) is 2.72. The Morgan fingerprint density at radius 2 is 1.93 bits per heavy atom. The third-order valence-electron chi connectivity index (χ3n) is 2.72. The molecule has 0 aliphatic carbocycles. The standard InChI is InChI=1S/C12H17N2/c1-2-10-14(9-1)11-3-4-12-5-7-13-8-6-12/h3,5-8H,1-2,4,9-11H2. The Labute approximate surface area is 86.0 Å². The van der Waals surface area contributed by atoms with Gasteiger partial charge in [-0.2, -0.15) is 0 Å². The maximum absolute atomic E-state index is 4.01. The van der Waals surface area contributed by atoms with Crippen LogP contribution in [0.25, 0.3) is 0 Å². The van der Waals surface area contributed by atoms with E-state index in [1.54, 1.807) is 0 Å². The first kappa shape index (κ1) is 9.66. The van der Waals surface area contributed by atoms with Crippen molar-refractivity contribution in [1.82, 2.24) is 9.88 Å². The molecular weight excluding hydrogens is 172 g/mol. The van der Waals surface area contributed by atoms with Crippen LogP contribution >= 0.6 is 0 Å². The summed E-state index contributed by atoms with van der Waals surface area (Å²) in [6.45, 7) is 3.71. The molecule has 14 heavy (non-hydrogen) atoms. The van der Waals surface area contributed by atoms with Gasteiger partial charge in [-0.15, -0.1) is 0 Å². The highest BCUT2D eigenvalue weighted by Crippen LogP contribution is 2.08. The second kappa shape index (κ2) is 5.11. The van der Waals surface area contributed by atoms with E-state index in [9.17, 15) is 0 Å². The van der Waals surface area contributed by atoms with Gasteiger partial charge in [-0.05, 0) is 56.5 Å². The van der Waals surface area contributed by atoms with Crippen molar-refractivity contribution in [3.05, 3.63) is 36.5 Å². The van der Waals surface area contributed by atoms with Crippen molar-refractivity contribution in [2.75, 3.05) is 19.6 Å². The number of rotatable bonds is 4. The van der Waals surface area contributed by atoms with Crippen LogP contribution in [0, 0.1) is 6.42 Å². The van der Waals surface area contributed by atoms with E-state index in [1.807, 2.05) is 12.4 Å². The molecule has 0 amide bonds. The van der Waals surface area contributed by atoms with E-state index in [0.29, 0.717) is 0 Å². The van der Waals surface area contributed by atoms with Gasteiger partial charge in [0.05, 0.1) is 0 Å². The Hall–Kier alpha value is -0.890. The predicted molar refractivity (Wildman–Crippen MR) is 57.9 cm³/mol. The number of aromatic nitrogens is 1. The topological polar surface area (TPSA) is 16.1 Å². The zero-order valence-electron chi connectivity index (χ0n) is 8.52. The molecule has 1 aliphatic rings. The summed E-state index contributed by atoms with van der Waals surface area (Å²) in [5.41, 5.74) is 1.36. The number of hydrogen-bond donors (Lipinski definition) is 0. The fourth-order valence-electron chi connectivity index (χ4n) is 1.90. The Balaban J connectivity index is 1.67. The summed E-state index contributed by atoms with van der Waals surface area (Å²) in [6.07, 6.45) is 9.91. The zero-order valence-corrected chi connectivity index (χ0v) is 8.52. The summed E-state index contributed by atoms with van der Waals surface area (Å²) in [5.74, 6) is 0. The Kier molecular flexibility index (Phi) is 3.52. The van der Waals surface area contributed by atoms with Gasteiger partial charge in [-0.1, -0.05) is 0 Å². The number of nitrogens with zero attached hydrogens (tertiary/aromatic N) is 2. The molecule has 0 unspecified atom stereocenters. The van der Waals surface area contributed by atoms with Gasteiger partial charge in [0, 0.05) is 18.9 Å². The van der Waals surface area contributed by atoms with E-state index in [0.717, 1.165) is 13.0 Å². The van der Waals surface area contributed by atoms with E-state index in [-0.39, 0.29) is 0 Å². The van der Waals surface area contributed by atoms with Crippen LogP contribution < -0.4 is 0 Å². The van der Waals surface area contributed by atoms with Gasteiger partial charge in [0.15, 0.2) is 0 Å². The first-order valence-corrected chi connectivity index (χ1v) is 5.38. The smallest absolute Gasteiger partial charge is 0.0270 e. The molecule has 1 fully saturated rings. The first-order chi connectivity index (χ1) is 6.95. The maximum Gasteiger partial charge on any atom is 0.0270 e. The Morgan fingerprint density at radius 1 is 1.21 bits per heavy atom. The molecule has 0 aromatic carbocycles. The molecule has 1 aliphatic heterocycles. The molecule has 1 saturated heterocycles. The Bertz CT molecular complexity index is 252. The van der Waals surface area contributed by atoms with Crippen LogP contribution in [0.5, 0.6) is 0 Å². The van der Waals surface area contributed by atoms with E-state index >= 15 is 0 Å². The van der Waals surface area contributed by atoms with E-state index in [1.165, 1.54) is 31.5 Å². The quantitative estimate of drug-likeness (QED) is 0.719. The molecule has 2 heteroatoms. The summed E-state index contributed by atoms with van der Waals surface area (Å²) in [6, 6.07) is 4.17. The summed E-state index contributed by atoms with van der Waals surface area (Å²) in [5, 5.41) is 0. The van der Waals surface area contributed by atoms with Crippen LogP contribution in [0.2, 0.25) is 0 Å². The fourth-order valence-corrected chi connectivity index (χ4v) is 1.90. The maximum atomic E-state index is 4.01. The predicted octanol–water partition coefficient (Wildman–Crippen LogP) is 1.92. The van der Waals surface area contributed by atoms with Crippen molar-refractivity contribution in [2.24, 2.45) is 0 Å². The first-order valence-electron chi connectivity index (χ1n) is 5.38. The second-order valence-corrected chi connectivity index (χ2v) is 3.86. The highest BCUT2D eigenvalue weighted by molar-refractivity contribution is 5.12. The van der Waals surface area contributed by atoms with Crippen molar-refractivity contribution in [1.29, 1.82) is 0 Å². The number of pyridine rings is 1. The van der Waals surface area contributed by atoms with E-state index in [4.69, 9.17) is 0 Å². The van der Waals surface area contributed by atoms with Crippen molar-refractivity contribution >= 4 is 0 Å². The lowest BCUT2D eigenvalue weighted by Crippen LogP contribution is -2.21. The van der Waals surface area contributed by atoms with Crippen LogP contribution in [0.4, 0.5) is 0 Å². The largest absolute Gasteiger partial charge is 0.303 e. The van der Waals surface area contributed by atoms with Crippen LogP contribution in [0.15, 0.2) is 24.5 Å². The second-order valence-electron chi connectivity index (χ2n) is 3.86. The molecule has 75 valence electrons. The molecule has 2 nitrogen and oxygen atoms in total. The lowest BCUT2D eigenvalue weighted by atomic mass is 10.1. The molecule has 2 heterocycles. The van der Waals surface area contributed by atoms with Gasteiger partial charge >= 0.3 is 0 Å². The minimum absolute atomic E-state index is 1.07. The van der Waals surface area contributed by atoms with Crippen LogP contribution in [-0.4, -0.2) is 29.5 Å². The highest BCUT2D eigenvalue weighted by Gasteiger charge is 2.10. The lowest BCUT2D eigenvalue weighted by molar-refractivity contribution is 0.364. The van der Waals surface area contributed by atoms with Crippen LogP contribution in [-0.2, 0) is 6.42 Å². The van der Waals surface area contributed by atoms with Crippen LogP contribution in [0.1, 0.15) is 18.4 Å². The molecule has 2 rings (SSSR count). The van der Waals surface area contributed by atoms with Crippen molar-refractivity contribution in [3.8, 4) is 0 Å². The Morgan fingerprint density at radius 3 is 2.64 bits per heavy atom. The number of hydrogen-bond acceptors (Lipinski definition) is 2. The van der Waals surface area contributed by atoms with Gasteiger partial charge in [-0.25, -0.2) is 0 Å². The highest BCUT2D eigenvalue weighted by atomic mass is 15.1. The van der Waals surface area contributed by atoms with Crippen LogP contribution in [0.3, 0.4) is 0 Å². The van der Waals surface area contributed by atoms with Gasteiger partial charge in [0.2, 0.25) is 0 Å². The van der Waals surface area contributed by atoms with Crippen molar-refractivity contribution in [3.63, 3.8) is 0 Å². The third kappa shape index (κ3) is 2.81. The zero-order chi connectivity index (χ0) is 9.64.